The fourth-order valence-electron chi connectivity index (χ4n) is 4.87. The number of nitrogens with zero attached hydrogens (tertiary/aromatic N) is 4. The number of piperidine rings is 1. The zero-order valence-electron chi connectivity index (χ0n) is 21.9. The van der Waals surface area contributed by atoms with Crippen LogP contribution in [0.1, 0.15) is 46.6 Å². The van der Waals surface area contributed by atoms with Gasteiger partial charge in [0.15, 0.2) is 16.8 Å². The summed E-state index contributed by atoms with van der Waals surface area (Å²) in [6, 6.07) is 1.46. The molecule has 2 bridgehead atoms. The third-order valence-corrected chi connectivity index (χ3v) is 7.35. The standard InChI is InChI=1S/C25H29F3N4O5S/c1-23(2,3)37-22(33)32-13-7-14(32)10-31(9-13)21-30-18-19(35-21)15(17-11-38-12-29-17)8-16(24(4,5)34-6)20(18)36-25(26,27)28/h8,11-14H,7,9-10H2,1-6H3. The highest BCUT2D eigenvalue weighted by molar-refractivity contribution is 7.07. The molecule has 206 valence electrons. The molecule has 0 aliphatic carbocycles. The molecule has 1 aromatic carbocycles. The van der Waals surface area contributed by atoms with E-state index in [0.29, 0.717) is 24.3 Å². The van der Waals surface area contributed by atoms with E-state index in [2.05, 4.69) is 14.7 Å². The van der Waals surface area contributed by atoms with Crippen LogP contribution in [0.25, 0.3) is 22.4 Å². The highest BCUT2D eigenvalue weighted by atomic mass is 32.1. The first-order valence-corrected chi connectivity index (χ1v) is 13.0. The Hall–Kier alpha value is -3.06. The lowest BCUT2D eigenvalue weighted by atomic mass is 9.88. The minimum atomic E-state index is -4.96. The van der Waals surface area contributed by atoms with Crippen molar-refractivity contribution in [3.05, 3.63) is 22.5 Å². The van der Waals surface area contributed by atoms with Crippen molar-refractivity contribution in [3.8, 4) is 17.0 Å². The number of carbonyl (C=O) groups excluding carboxylic acids is 1. The second-order valence-electron chi connectivity index (χ2n) is 10.9. The average Bonchev–Trinajstić information content (AvgIpc) is 3.47. The van der Waals surface area contributed by atoms with Crippen LogP contribution in [0.5, 0.6) is 5.75 Å². The molecular formula is C25H29F3N4O5S. The molecule has 0 radical (unpaired) electrons. The van der Waals surface area contributed by atoms with E-state index in [1.165, 1.54) is 18.4 Å². The number of oxazole rings is 1. The Labute approximate surface area is 221 Å². The van der Waals surface area contributed by atoms with E-state index in [1.54, 1.807) is 35.7 Å². The molecule has 0 saturated carbocycles. The van der Waals surface area contributed by atoms with E-state index in [9.17, 15) is 18.0 Å². The molecule has 0 N–H and O–H groups in total. The molecule has 3 saturated heterocycles. The second kappa shape index (κ2) is 9.01. The first-order chi connectivity index (χ1) is 17.7. The maximum atomic E-state index is 13.6. The SMILES string of the molecule is COC(C)(C)c1cc(-c2cscn2)c2oc(N3CC4CC(C3)N4C(=O)OC(C)(C)C)nc2c1OC(F)(F)F. The number of anilines is 1. The minimum absolute atomic E-state index is 0.0776. The molecule has 9 nitrogen and oxygen atoms in total. The summed E-state index contributed by atoms with van der Waals surface area (Å²) in [6.07, 6.45) is -4.55. The molecule has 13 heteroatoms. The van der Waals surface area contributed by atoms with Gasteiger partial charge >= 0.3 is 12.5 Å². The molecule has 0 spiro atoms. The van der Waals surface area contributed by atoms with Gasteiger partial charge in [-0.2, -0.15) is 4.98 Å². The third-order valence-electron chi connectivity index (χ3n) is 6.76. The fraction of sp³-hybridized carbons (Fsp3) is 0.560. The fourth-order valence-corrected chi connectivity index (χ4v) is 5.43. The maximum Gasteiger partial charge on any atom is 0.573 e. The monoisotopic (exact) mass is 554 g/mol. The summed E-state index contributed by atoms with van der Waals surface area (Å²) < 4.78 is 62.4. The summed E-state index contributed by atoms with van der Waals surface area (Å²) in [5.41, 5.74) is 1.10. The van der Waals surface area contributed by atoms with Crippen molar-refractivity contribution in [3.63, 3.8) is 0 Å². The lowest BCUT2D eigenvalue weighted by Crippen LogP contribution is -2.70. The van der Waals surface area contributed by atoms with Crippen LogP contribution in [0.3, 0.4) is 0 Å². The van der Waals surface area contributed by atoms with Gasteiger partial charge in [-0.15, -0.1) is 24.5 Å². The number of hydrogen-bond acceptors (Lipinski definition) is 9. The first-order valence-electron chi connectivity index (χ1n) is 12.1. The molecule has 3 aliphatic heterocycles. The van der Waals surface area contributed by atoms with Crippen molar-refractivity contribution in [2.24, 2.45) is 0 Å². The molecule has 3 aliphatic rings. The number of carbonyl (C=O) groups is 1. The number of halogens is 3. The number of ether oxygens (including phenoxy) is 3. The van der Waals surface area contributed by atoms with Crippen LogP contribution in [0.15, 0.2) is 21.4 Å². The average molecular weight is 555 g/mol. The van der Waals surface area contributed by atoms with E-state index >= 15 is 0 Å². The number of aromatic nitrogens is 2. The molecule has 5 heterocycles. The van der Waals surface area contributed by atoms with Crippen LogP contribution in [0, 0.1) is 0 Å². The summed E-state index contributed by atoms with van der Waals surface area (Å²) in [4.78, 5) is 25.1. The van der Waals surface area contributed by atoms with Crippen molar-refractivity contribution < 1.29 is 36.6 Å². The molecule has 2 unspecified atom stereocenters. The highest BCUT2D eigenvalue weighted by Gasteiger charge is 2.50. The van der Waals surface area contributed by atoms with Gasteiger partial charge in [-0.05, 0) is 47.1 Å². The number of piperazine rings is 1. The Bertz CT molecular complexity index is 1340. The van der Waals surface area contributed by atoms with Crippen molar-refractivity contribution in [1.82, 2.24) is 14.9 Å². The van der Waals surface area contributed by atoms with Crippen molar-refractivity contribution in [2.75, 3.05) is 25.1 Å². The smallest absolute Gasteiger partial charge is 0.444 e. The van der Waals surface area contributed by atoms with Crippen LogP contribution in [-0.4, -0.2) is 65.2 Å². The Kier molecular flexibility index (Phi) is 6.29. The van der Waals surface area contributed by atoms with E-state index in [1.807, 2.05) is 25.7 Å². The summed E-state index contributed by atoms with van der Waals surface area (Å²) in [7, 11) is 1.41. The van der Waals surface area contributed by atoms with Crippen LogP contribution in [0.2, 0.25) is 0 Å². The zero-order chi connectivity index (χ0) is 27.6. The Morgan fingerprint density at radius 3 is 2.39 bits per heavy atom. The molecule has 1 amide bonds. The highest BCUT2D eigenvalue weighted by Crippen LogP contribution is 2.46. The second-order valence-corrected chi connectivity index (χ2v) is 11.7. The van der Waals surface area contributed by atoms with Gasteiger partial charge in [0.05, 0.1) is 28.9 Å². The minimum Gasteiger partial charge on any atom is -0.444 e. The summed E-state index contributed by atoms with van der Waals surface area (Å²) in [6.45, 7) is 9.53. The number of methoxy groups -OCH3 is 1. The number of amides is 1. The normalized spacial score (nSPS) is 20.0. The lowest BCUT2D eigenvalue weighted by Gasteiger charge is -2.55. The number of benzene rings is 1. The van der Waals surface area contributed by atoms with Crippen molar-refractivity contribution in [2.45, 2.75) is 70.7 Å². The van der Waals surface area contributed by atoms with Crippen LogP contribution in [0.4, 0.5) is 24.0 Å². The molecule has 2 atom stereocenters. The largest absolute Gasteiger partial charge is 0.573 e. The molecule has 3 fully saturated rings. The number of alkyl halides is 3. The van der Waals surface area contributed by atoms with Gasteiger partial charge in [0.25, 0.3) is 6.01 Å². The lowest BCUT2D eigenvalue weighted by molar-refractivity contribution is -0.274. The van der Waals surface area contributed by atoms with Crippen molar-refractivity contribution in [1.29, 1.82) is 0 Å². The van der Waals surface area contributed by atoms with Gasteiger partial charge in [0.1, 0.15) is 5.60 Å². The Morgan fingerprint density at radius 1 is 1.16 bits per heavy atom. The Morgan fingerprint density at radius 2 is 1.84 bits per heavy atom. The predicted octanol–water partition coefficient (Wildman–Crippen LogP) is 5.93. The van der Waals surface area contributed by atoms with Gasteiger partial charge < -0.3 is 23.5 Å². The van der Waals surface area contributed by atoms with E-state index in [-0.39, 0.29) is 40.9 Å². The van der Waals surface area contributed by atoms with Crippen LogP contribution in [-0.2, 0) is 15.1 Å². The number of thiazole rings is 1. The zero-order valence-corrected chi connectivity index (χ0v) is 22.7. The van der Waals surface area contributed by atoms with Gasteiger partial charge in [-0.3, -0.25) is 4.90 Å². The van der Waals surface area contributed by atoms with Crippen molar-refractivity contribution >= 4 is 34.5 Å². The van der Waals surface area contributed by atoms with Gasteiger partial charge in [0.2, 0.25) is 0 Å². The van der Waals surface area contributed by atoms with E-state index in [4.69, 9.17) is 13.9 Å². The van der Waals surface area contributed by atoms with E-state index < -0.39 is 23.3 Å². The van der Waals surface area contributed by atoms with E-state index in [0.717, 1.165) is 6.42 Å². The van der Waals surface area contributed by atoms with Gasteiger partial charge in [-0.25, -0.2) is 9.78 Å². The summed E-state index contributed by atoms with van der Waals surface area (Å²) in [5, 5.41) is 1.78. The number of rotatable bonds is 5. The first kappa shape index (κ1) is 26.5. The molecule has 38 heavy (non-hydrogen) atoms. The van der Waals surface area contributed by atoms with Gasteiger partial charge in [0, 0.05) is 36.7 Å². The quantitative estimate of drug-likeness (QED) is 0.384. The summed E-state index contributed by atoms with van der Waals surface area (Å²) in [5.74, 6) is -0.481. The molecule has 6 rings (SSSR count). The predicted molar refractivity (Wildman–Crippen MR) is 134 cm³/mol. The maximum absolute atomic E-state index is 13.6. The molecule has 3 aromatic rings. The van der Waals surface area contributed by atoms with Crippen LogP contribution < -0.4 is 9.64 Å². The Balaban J connectivity index is 1.57. The molecular weight excluding hydrogens is 525 g/mol. The van der Waals surface area contributed by atoms with Crippen LogP contribution >= 0.6 is 11.3 Å². The van der Waals surface area contributed by atoms with Gasteiger partial charge in [-0.1, -0.05) is 0 Å². The molecule has 2 aromatic heterocycles. The number of hydrogen-bond donors (Lipinski definition) is 0. The number of fused-ring (bicyclic) bond motifs is 3. The summed E-state index contributed by atoms with van der Waals surface area (Å²) >= 11 is 1.35. The third kappa shape index (κ3) is 4.89. The topological polar surface area (TPSA) is 90.2 Å².